The number of carboxylic acid groups (broad SMARTS) is 1. The van der Waals surface area contributed by atoms with E-state index in [9.17, 15) is 9.90 Å². The summed E-state index contributed by atoms with van der Waals surface area (Å²) in [7, 11) is 1.65. The Labute approximate surface area is 196 Å². The fraction of sp³-hybridized carbons (Fsp3) is 0.179. The number of carbonyl (C=O) groups is 1. The van der Waals surface area contributed by atoms with Gasteiger partial charge in [0.15, 0.2) is 0 Å². The molecule has 5 aromatic rings. The second-order valence-electron chi connectivity index (χ2n) is 8.07. The number of hydrogen-bond donors (Lipinski definition) is 1. The molecule has 0 atom stereocenters. The normalized spacial score (nSPS) is 11.2. The Bertz CT molecular complexity index is 1490. The second-order valence-corrected chi connectivity index (χ2v) is 8.07. The van der Waals surface area contributed by atoms with Crippen LogP contribution in [0.4, 0.5) is 0 Å². The fourth-order valence-electron chi connectivity index (χ4n) is 4.33. The number of benzene rings is 4. The van der Waals surface area contributed by atoms with E-state index in [1.54, 1.807) is 7.11 Å². The van der Waals surface area contributed by atoms with Crippen molar-refractivity contribution in [2.75, 3.05) is 20.3 Å². The summed E-state index contributed by atoms with van der Waals surface area (Å²) in [4.78, 5) is 11.4. The molecule has 0 radical (unpaired) electrons. The van der Waals surface area contributed by atoms with Gasteiger partial charge in [0.05, 0.1) is 25.8 Å². The lowest BCUT2D eigenvalue weighted by Gasteiger charge is -2.11. The van der Waals surface area contributed by atoms with Crippen LogP contribution in [0.5, 0.6) is 17.2 Å². The summed E-state index contributed by atoms with van der Waals surface area (Å²) in [5, 5.41) is 13.5. The van der Waals surface area contributed by atoms with Crippen molar-refractivity contribution in [3.8, 4) is 17.2 Å². The van der Waals surface area contributed by atoms with Crippen molar-refractivity contribution in [1.82, 2.24) is 4.57 Å². The molecule has 0 aliphatic rings. The number of hydrogen-bond acceptors (Lipinski definition) is 4. The summed E-state index contributed by atoms with van der Waals surface area (Å²) in [5.74, 6) is 1.44. The van der Waals surface area contributed by atoms with Crippen molar-refractivity contribution in [3.63, 3.8) is 0 Å². The van der Waals surface area contributed by atoms with Gasteiger partial charge in [-0.3, -0.25) is 4.79 Å². The first-order chi connectivity index (χ1) is 16.6. The smallest absolute Gasteiger partial charge is 0.323 e. The van der Waals surface area contributed by atoms with E-state index in [0.717, 1.165) is 44.1 Å². The first-order valence-electron chi connectivity index (χ1n) is 11.2. The number of nitrogens with zero attached hydrogens (tertiary/aromatic N) is 1. The van der Waals surface area contributed by atoms with Crippen molar-refractivity contribution < 1.29 is 24.1 Å². The number of aromatic nitrogens is 1. The van der Waals surface area contributed by atoms with Crippen LogP contribution < -0.4 is 14.2 Å². The van der Waals surface area contributed by atoms with E-state index in [-0.39, 0.29) is 6.54 Å². The van der Waals surface area contributed by atoms with Crippen molar-refractivity contribution in [2.45, 2.75) is 13.0 Å². The van der Waals surface area contributed by atoms with E-state index in [1.165, 1.54) is 0 Å². The summed E-state index contributed by atoms with van der Waals surface area (Å²) in [6.07, 6.45) is 0.705. The Morgan fingerprint density at radius 2 is 1.59 bits per heavy atom. The molecular weight excluding hydrogens is 430 g/mol. The number of methoxy groups -OCH3 is 1. The van der Waals surface area contributed by atoms with Gasteiger partial charge in [-0.2, -0.15) is 0 Å². The summed E-state index contributed by atoms with van der Waals surface area (Å²) in [5.41, 5.74) is 1.75. The van der Waals surface area contributed by atoms with Crippen LogP contribution in [0.1, 0.15) is 6.42 Å². The van der Waals surface area contributed by atoms with Crippen LogP contribution in [0.3, 0.4) is 0 Å². The van der Waals surface area contributed by atoms with Gasteiger partial charge in [0.25, 0.3) is 0 Å². The van der Waals surface area contributed by atoms with Crippen LogP contribution in [0.2, 0.25) is 0 Å². The molecule has 0 aliphatic heterocycles. The Kier molecular flexibility index (Phi) is 5.95. The summed E-state index contributed by atoms with van der Waals surface area (Å²) in [6.45, 7) is 0.897. The number of para-hydroxylation sites is 1. The third kappa shape index (κ3) is 4.22. The monoisotopic (exact) mass is 455 g/mol. The van der Waals surface area contributed by atoms with Crippen molar-refractivity contribution in [1.29, 1.82) is 0 Å². The molecular formula is C28H25NO5. The highest BCUT2D eigenvalue weighted by Crippen LogP contribution is 2.32. The Hall–Kier alpha value is -4.19. The molecule has 6 nitrogen and oxygen atoms in total. The number of ether oxygens (including phenoxy) is 3. The van der Waals surface area contributed by atoms with Crippen LogP contribution in [0.25, 0.3) is 32.6 Å². The maximum atomic E-state index is 11.4. The number of aliphatic carboxylic acids is 1. The molecule has 6 heteroatoms. The van der Waals surface area contributed by atoms with E-state index < -0.39 is 5.97 Å². The largest absolute Gasteiger partial charge is 0.497 e. The van der Waals surface area contributed by atoms with Crippen LogP contribution in [-0.4, -0.2) is 36.0 Å². The fourth-order valence-corrected chi connectivity index (χ4v) is 4.33. The highest BCUT2D eigenvalue weighted by Gasteiger charge is 2.13. The molecule has 0 saturated heterocycles. The maximum absolute atomic E-state index is 11.4. The van der Waals surface area contributed by atoms with E-state index in [4.69, 9.17) is 14.2 Å². The molecule has 0 bridgehead atoms. The van der Waals surface area contributed by atoms with Gasteiger partial charge >= 0.3 is 5.97 Å². The lowest BCUT2D eigenvalue weighted by Crippen LogP contribution is -2.08. The molecule has 1 N–H and O–H groups in total. The molecule has 34 heavy (non-hydrogen) atoms. The molecule has 4 aromatic carbocycles. The molecule has 1 aromatic heterocycles. The van der Waals surface area contributed by atoms with Crippen LogP contribution in [-0.2, 0) is 11.3 Å². The molecule has 5 rings (SSSR count). The van der Waals surface area contributed by atoms with Gasteiger partial charge in [-0.1, -0.05) is 36.4 Å². The number of rotatable bonds is 9. The topological polar surface area (TPSA) is 69.9 Å². The van der Waals surface area contributed by atoms with Crippen LogP contribution >= 0.6 is 0 Å². The summed E-state index contributed by atoms with van der Waals surface area (Å²) >= 11 is 0. The molecule has 0 amide bonds. The van der Waals surface area contributed by atoms with Gasteiger partial charge in [0, 0.05) is 34.2 Å². The van der Waals surface area contributed by atoms with E-state index in [2.05, 4.69) is 0 Å². The average molecular weight is 456 g/mol. The van der Waals surface area contributed by atoms with Crippen molar-refractivity contribution in [3.05, 3.63) is 78.9 Å². The molecule has 0 fully saturated rings. The molecule has 0 spiro atoms. The molecule has 0 aliphatic carbocycles. The first-order valence-corrected chi connectivity index (χ1v) is 11.2. The maximum Gasteiger partial charge on any atom is 0.323 e. The summed E-state index contributed by atoms with van der Waals surface area (Å²) < 4.78 is 19.2. The van der Waals surface area contributed by atoms with Gasteiger partial charge < -0.3 is 23.9 Å². The minimum absolute atomic E-state index is 0.100. The number of fused-ring (bicyclic) bond motifs is 4. The lowest BCUT2D eigenvalue weighted by molar-refractivity contribution is -0.137. The Morgan fingerprint density at radius 1 is 0.794 bits per heavy atom. The zero-order valence-corrected chi connectivity index (χ0v) is 18.9. The Morgan fingerprint density at radius 3 is 2.44 bits per heavy atom. The highest BCUT2D eigenvalue weighted by molar-refractivity contribution is 6.08. The molecule has 172 valence electrons. The van der Waals surface area contributed by atoms with E-state index in [1.807, 2.05) is 83.4 Å². The standard InChI is InChI=1S/C28H25NO5/c1-32-20-11-10-19-6-4-9-27(24(19)16-20)34-15-5-14-33-21-12-13-23-22-7-2-3-8-25(22)29(18-28(30)31)26(23)17-21/h2-4,6-13,16-17H,5,14-15,18H2,1H3,(H,30,31). The van der Waals surface area contributed by atoms with E-state index in [0.29, 0.717) is 25.4 Å². The zero-order chi connectivity index (χ0) is 23.5. The van der Waals surface area contributed by atoms with Gasteiger partial charge in [-0.15, -0.1) is 0 Å². The van der Waals surface area contributed by atoms with Crippen LogP contribution in [0.15, 0.2) is 78.9 Å². The second kappa shape index (κ2) is 9.35. The van der Waals surface area contributed by atoms with Crippen molar-refractivity contribution in [2.24, 2.45) is 0 Å². The lowest BCUT2D eigenvalue weighted by atomic mass is 10.1. The molecule has 1 heterocycles. The quantitative estimate of drug-likeness (QED) is 0.281. The Balaban J connectivity index is 1.27. The van der Waals surface area contributed by atoms with E-state index >= 15 is 0 Å². The minimum Gasteiger partial charge on any atom is -0.497 e. The van der Waals surface area contributed by atoms with Crippen molar-refractivity contribution >= 4 is 38.5 Å². The van der Waals surface area contributed by atoms with Gasteiger partial charge in [-0.25, -0.2) is 0 Å². The highest BCUT2D eigenvalue weighted by atomic mass is 16.5. The predicted molar refractivity (Wildman–Crippen MR) is 133 cm³/mol. The zero-order valence-electron chi connectivity index (χ0n) is 18.9. The third-order valence-corrected chi connectivity index (χ3v) is 5.90. The molecule has 0 unspecified atom stereocenters. The SMILES string of the molecule is COc1ccc2cccc(OCCCOc3ccc4c5ccccc5n(CC(=O)O)c4c3)c2c1. The number of carboxylic acids is 1. The first kappa shape index (κ1) is 21.6. The van der Waals surface area contributed by atoms with Gasteiger partial charge in [0.1, 0.15) is 23.8 Å². The summed E-state index contributed by atoms with van der Waals surface area (Å²) in [6, 6.07) is 25.6. The van der Waals surface area contributed by atoms with Gasteiger partial charge in [0.2, 0.25) is 0 Å². The van der Waals surface area contributed by atoms with Crippen LogP contribution in [0, 0.1) is 0 Å². The average Bonchev–Trinajstić information content (AvgIpc) is 3.16. The third-order valence-electron chi connectivity index (χ3n) is 5.90. The predicted octanol–water partition coefficient (Wildman–Crippen LogP) is 5.89. The minimum atomic E-state index is -0.878. The molecule has 0 saturated carbocycles. The van der Waals surface area contributed by atoms with Gasteiger partial charge in [-0.05, 0) is 41.8 Å².